The summed E-state index contributed by atoms with van der Waals surface area (Å²) in [5.74, 6) is 0. The van der Waals surface area contributed by atoms with Gasteiger partial charge in [-0.15, -0.1) is 0 Å². The number of likely N-dealkylation sites (tertiary alicyclic amines) is 1. The first kappa shape index (κ1) is 19.2. The van der Waals surface area contributed by atoms with Crippen LogP contribution in [0, 0.1) is 5.41 Å². The molecule has 144 valence electrons. The van der Waals surface area contributed by atoms with Gasteiger partial charge < -0.3 is 18.9 Å². The Morgan fingerprint density at radius 1 is 1.27 bits per heavy atom. The highest BCUT2D eigenvalue weighted by atomic mass is 16.6. The van der Waals surface area contributed by atoms with Crippen LogP contribution in [-0.4, -0.2) is 59.8 Å². The van der Waals surface area contributed by atoms with Gasteiger partial charge >= 0.3 is 13.2 Å². The lowest BCUT2D eigenvalue weighted by Crippen LogP contribution is -2.48. The molecule has 26 heavy (non-hydrogen) atoms. The van der Waals surface area contributed by atoms with Crippen molar-refractivity contribution in [3.8, 4) is 0 Å². The molecule has 0 bridgehead atoms. The molecule has 3 heterocycles. The van der Waals surface area contributed by atoms with Gasteiger partial charge in [0.1, 0.15) is 5.60 Å². The number of piperidine rings is 1. The third-order valence-corrected chi connectivity index (χ3v) is 4.61. The van der Waals surface area contributed by atoms with Crippen LogP contribution < -0.4 is 5.59 Å². The zero-order chi connectivity index (χ0) is 18.9. The van der Waals surface area contributed by atoms with Crippen LogP contribution in [0.4, 0.5) is 4.79 Å². The second-order valence-corrected chi connectivity index (χ2v) is 9.04. The zero-order valence-electron chi connectivity index (χ0n) is 16.5. The van der Waals surface area contributed by atoms with Gasteiger partial charge in [0.25, 0.3) is 0 Å². The highest BCUT2D eigenvalue weighted by Crippen LogP contribution is 2.24. The number of rotatable bonds is 2. The molecule has 7 nitrogen and oxygen atoms in total. The number of carbonyl (C=O) groups is 1. The highest BCUT2D eigenvalue weighted by Gasteiger charge is 2.35. The first-order chi connectivity index (χ1) is 12.1. The SMILES string of the molecule is CC1(C)COB(c2ccn(C3CCN(C(=O)OC(C)(C)C)CC3)n2)OC1. The van der Waals surface area contributed by atoms with Crippen molar-refractivity contribution in [2.45, 2.75) is 59.1 Å². The molecule has 8 heteroatoms. The largest absolute Gasteiger partial charge is 0.515 e. The quantitative estimate of drug-likeness (QED) is 0.754. The van der Waals surface area contributed by atoms with Gasteiger partial charge in [0.05, 0.1) is 11.6 Å². The summed E-state index contributed by atoms with van der Waals surface area (Å²) < 4.78 is 19.0. The fraction of sp³-hybridized carbons (Fsp3) is 0.778. The summed E-state index contributed by atoms with van der Waals surface area (Å²) in [7, 11) is -0.383. The molecule has 0 aliphatic carbocycles. The molecule has 0 spiro atoms. The molecule has 2 aliphatic heterocycles. The minimum absolute atomic E-state index is 0.0492. The van der Waals surface area contributed by atoms with E-state index in [4.69, 9.17) is 14.0 Å². The third-order valence-electron chi connectivity index (χ3n) is 4.61. The van der Waals surface area contributed by atoms with Gasteiger partial charge in [0.15, 0.2) is 0 Å². The minimum Gasteiger partial charge on any atom is -0.444 e. The smallest absolute Gasteiger partial charge is 0.444 e. The van der Waals surface area contributed by atoms with Crippen molar-refractivity contribution in [2.75, 3.05) is 26.3 Å². The maximum absolute atomic E-state index is 12.2. The lowest BCUT2D eigenvalue weighted by atomic mass is 9.80. The van der Waals surface area contributed by atoms with Crippen molar-refractivity contribution in [2.24, 2.45) is 5.41 Å². The number of hydrogen-bond donors (Lipinski definition) is 0. The molecule has 1 aromatic heterocycles. The number of amides is 1. The van der Waals surface area contributed by atoms with Crippen LogP contribution in [0.15, 0.2) is 12.3 Å². The van der Waals surface area contributed by atoms with Gasteiger partial charge in [-0.2, -0.15) is 5.10 Å². The average Bonchev–Trinajstić information content (AvgIpc) is 3.03. The Kier molecular flexibility index (Phi) is 5.35. The summed E-state index contributed by atoms with van der Waals surface area (Å²) in [6.45, 7) is 12.6. The van der Waals surface area contributed by atoms with Crippen molar-refractivity contribution in [3.05, 3.63) is 12.3 Å². The van der Waals surface area contributed by atoms with Crippen LogP contribution in [0.25, 0.3) is 0 Å². The van der Waals surface area contributed by atoms with Crippen molar-refractivity contribution >= 4 is 18.8 Å². The lowest BCUT2D eigenvalue weighted by Gasteiger charge is -2.33. The molecule has 0 radical (unpaired) electrons. The van der Waals surface area contributed by atoms with Crippen molar-refractivity contribution in [1.29, 1.82) is 0 Å². The number of aromatic nitrogens is 2. The average molecular weight is 363 g/mol. The maximum Gasteiger partial charge on any atom is 0.515 e. The van der Waals surface area contributed by atoms with E-state index in [0.717, 1.165) is 18.4 Å². The van der Waals surface area contributed by atoms with Crippen LogP contribution >= 0.6 is 0 Å². The third kappa shape index (κ3) is 4.79. The molecule has 1 aromatic rings. The molecule has 0 aromatic carbocycles. The topological polar surface area (TPSA) is 65.8 Å². The van der Waals surface area contributed by atoms with Gasteiger partial charge in [0, 0.05) is 37.9 Å². The van der Waals surface area contributed by atoms with E-state index in [1.165, 1.54) is 0 Å². The van der Waals surface area contributed by atoms with Crippen LogP contribution in [0.5, 0.6) is 0 Å². The van der Waals surface area contributed by atoms with Gasteiger partial charge in [-0.1, -0.05) is 13.8 Å². The number of ether oxygens (including phenoxy) is 1. The molecule has 0 atom stereocenters. The van der Waals surface area contributed by atoms with Gasteiger partial charge in [-0.05, 0) is 39.7 Å². The van der Waals surface area contributed by atoms with Crippen LogP contribution in [0.3, 0.4) is 0 Å². The molecule has 0 unspecified atom stereocenters. The molecular formula is C18H30BN3O4. The number of nitrogens with zero attached hydrogens (tertiary/aromatic N) is 3. The molecular weight excluding hydrogens is 333 g/mol. The van der Waals surface area contributed by atoms with Crippen LogP contribution in [0.1, 0.15) is 53.5 Å². The molecule has 0 saturated carbocycles. The molecule has 0 N–H and O–H groups in total. The van der Waals surface area contributed by atoms with Gasteiger partial charge in [-0.3, -0.25) is 4.68 Å². The summed E-state index contributed by atoms with van der Waals surface area (Å²) in [6, 6.07) is 2.24. The Hall–Kier alpha value is -1.54. The standard InChI is InChI=1S/C18H30BN3O4/c1-17(2,3)26-16(23)21-9-6-14(7-10-21)22-11-8-15(20-22)19-24-12-18(4,5)13-25-19/h8,11,14H,6-7,9-10,12-13H2,1-5H3. The Balaban J connectivity index is 1.53. The predicted molar refractivity (Wildman–Crippen MR) is 99.4 cm³/mol. The molecule has 2 saturated heterocycles. The van der Waals surface area contributed by atoms with E-state index in [-0.39, 0.29) is 24.7 Å². The summed E-state index contributed by atoms with van der Waals surface area (Å²) in [4.78, 5) is 13.9. The van der Waals surface area contributed by atoms with Gasteiger partial charge in [-0.25, -0.2) is 4.79 Å². The van der Waals surface area contributed by atoms with E-state index in [2.05, 4.69) is 18.9 Å². The Labute approximate surface area is 156 Å². The summed E-state index contributed by atoms with van der Waals surface area (Å²) >= 11 is 0. The van der Waals surface area contributed by atoms with E-state index in [9.17, 15) is 4.79 Å². The fourth-order valence-electron chi connectivity index (χ4n) is 3.18. The summed E-state index contributed by atoms with van der Waals surface area (Å²) in [5.41, 5.74) is 0.405. The molecule has 3 rings (SSSR count). The second-order valence-electron chi connectivity index (χ2n) is 9.04. The van der Waals surface area contributed by atoms with E-state index in [0.29, 0.717) is 26.3 Å². The van der Waals surface area contributed by atoms with E-state index < -0.39 is 5.60 Å². The fourth-order valence-corrected chi connectivity index (χ4v) is 3.18. The van der Waals surface area contributed by atoms with Gasteiger partial charge in [0.2, 0.25) is 0 Å². The van der Waals surface area contributed by atoms with Crippen LogP contribution in [0.2, 0.25) is 0 Å². The van der Waals surface area contributed by atoms with Crippen molar-refractivity contribution in [1.82, 2.24) is 14.7 Å². The first-order valence-electron chi connectivity index (χ1n) is 9.39. The Bertz CT molecular complexity index is 623. The summed E-state index contributed by atoms with van der Waals surface area (Å²) in [5, 5.41) is 4.67. The zero-order valence-corrected chi connectivity index (χ0v) is 16.5. The van der Waals surface area contributed by atoms with E-state index >= 15 is 0 Å². The number of hydrogen-bond acceptors (Lipinski definition) is 5. The lowest BCUT2D eigenvalue weighted by molar-refractivity contribution is 0.0184. The van der Waals surface area contributed by atoms with Crippen molar-refractivity contribution in [3.63, 3.8) is 0 Å². The minimum atomic E-state index is -0.459. The molecule has 1 amide bonds. The highest BCUT2D eigenvalue weighted by molar-refractivity contribution is 6.60. The monoisotopic (exact) mass is 363 g/mol. The van der Waals surface area contributed by atoms with E-state index in [1.807, 2.05) is 37.7 Å². The molecule has 2 aliphatic rings. The van der Waals surface area contributed by atoms with E-state index in [1.54, 1.807) is 4.90 Å². The normalized spacial score (nSPS) is 21.7. The van der Waals surface area contributed by atoms with Crippen LogP contribution in [-0.2, 0) is 14.0 Å². The Morgan fingerprint density at radius 3 is 2.46 bits per heavy atom. The molecule has 2 fully saturated rings. The summed E-state index contributed by atoms with van der Waals surface area (Å²) in [6.07, 6.45) is 3.47. The second kappa shape index (κ2) is 7.23. The maximum atomic E-state index is 12.2. The Morgan fingerprint density at radius 2 is 1.88 bits per heavy atom. The van der Waals surface area contributed by atoms with Crippen molar-refractivity contribution < 1.29 is 18.8 Å². The predicted octanol–water partition coefficient (Wildman–Crippen LogP) is 2.22. The number of carbonyl (C=O) groups excluding carboxylic acids is 1. The first-order valence-corrected chi connectivity index (χ1v) is 9.39.